The standard InChI is InChI=1S/C52H55FN8O11/c1-3-52(70)35-20-40-48-33(25-61(40)50(68)34(35)26-72-51(52)69)47-37(18-17-32-29(2)36(53)21-38(60-48)46(32)47)58-45(66)27-71-28-57-43(64)23-56-49(67)39(19-31-13-8-5-9-14-31)59-44(65)24-55-42(63)22-54-41(62)16-10-15-30-11-6-4-7-12-30/h4-9,11-14,20-21,37,39,70H,3,10,15-19,22-28H2,1-2H3,(H,54,62)(H,55,63)(H,56,67)(H,57,64)(H,58,66)(H,59,65)/t37?,39-,52-/m1/s1. The summed E-state index contributed by atoms with van der Waals surface area (Å²) in [6.45, 7) is 0.843. The van der Waals surface area contributed by atoms with Gasteiger partial charge in [-0.1, -0.05) is 67.6 Å². The second-order valence-corrected chi connectivity index (χ2v) is 18.0. The second-order valence-electron chi connectivity index (χ2n) is 18.0. The highest BCUT2D eigenvalue weighted by atomic mass is 19.1. The van der Waals surface area contributed by atoms with Gasteiger partial charge in [-0.25, -0.2) is 14.2 Å². The molecule has 0 fully saturated rings. The van der Waals surface area contributed by atoms with Crippen LogP contribution in [0.2, 0.25) is 0 Å². The van der Waals surface area contributed by atoms with E-state index in [-0.39, 0.29) is 56.0 Å². The number of hydrogen-bond acceptors (Lipinski definition) is 12. The molecular weight excluding hydrogens is 932 g/mol. The normalized spacial score (nSPS) is 16.6. The minimum Gasteiger partial charge on any atom is -0.458 e. The van der Waals surface area contributed by atoms with Crippen LogP contribution in [0.1, 0.15) is 83.2 Å². The topological polar surface area (TPSA) is 265 Å². The molecule has 3 aromatic carbocycles. The Kier molecular flexibility index (Phi) is 15.5. The summed E-state index contributed by atoms with van der Waals surface area (Å²) >= 11 is 0. The predicted molar refractivity (Wildman–Crippen MR) is 258 cm³/mol. The van der Waals surface area contributed by atoms with Crippen molar-refractivity contribution in [1.29, 1.82) is 0 Å². The number of aryl methyl sites for hydroxylation is 2. The van der Waals surface area contributed by atoms with Gasteiger partial charge >= 0.3 is 5.97 Å². The summed E-state index contributed by atoms with van der Waals surface area (Å²) in [5, 5.41) is 27.5. The van der Waals surface area contributed by atoms with E-state index in [9.17, 15) is 43.5 Å². The van der Waals surface area contributed by atoms with Crippen molar-refractivity contribution in [2.45, 2.75) is 89.6 Å². The fourth-order valence-electron chi connectivity index (χ4n) is 9.47. The fourth-order valence-corrected chi connectivity index (χ4v) is 9.47. The molecule has 0 saturated carbocycles. The average Bonchev–Trinajstić information content (AvgIpc) is 3.75. The molecule has 3 aliphatic rings. The van der Waals surface area contributed by atoms with E-state index in [1.165, 1.54) is 10.6 Å². The number of fused-ring (bicyclic) bond motifs is 5. The van der Waals surface area contributed by atoms with Gasteiger partial charge in [0.25, 0.3) is 5.56 Å². The lowest BCUT2D eigenvalue weighted by Crippen LogP contribution is -2.52. The number of amides is 6. The number of cyclic esters (lactones) is 1. The number of aromatic nitrogens is 2. The van der Waals surface area contributed by atoms with Crippen LogP contribution in [0.15, 0.2) is 77.6 Å². The van der Waals surface area contributed by atoms with Gasteiger partial charge in [0.1, 0.15) is 31.8 Å². The monoisotopic (exact) mass is 986 g/mol. The zero-order chi connectivity index (χ0) is 51.1. The molecule has 0 saturated heterocycles. The van der Waals surface area contributed by atoms with Gasteiger partial charge in [-0.3, -0.25) is 33.6 Å². The average molecular weight is 987 g/mol. The quantitative estimate of drug-likeness (QED) is 0.0328. The molecule has 3 atom stereocenters. The van der Waals surface area contributed by atoms with Crippen molar-refractivity contribution in [1.82, 2.24) is 41.5 Å². The highest BCUT2D eigenvalue weighted by Gasteiger charge is 2.46. The molecule has 1 aliphatic carbocycles. The minimum absolute atomic E-state index is 0.0427. The number of aliphatic hydroxyl groups is 1. The summed E-state index contributed by atoms with van der Waals surface area (Å²) in [6, 6.07) is 19.7. The van der Waals surface area contributed by atoms with Crippen molar-refractivity contribution in [2.75, 3.05) is 33.0 Å². The molecule has 0 bridgehead atoms. The number of pyridine rings is 2. The van der Waals surface area contributed by atoms with Crippen molar-refractivity contribution in [3.8, 4) is 11.4 Å². The number of carbonyl (C=O) groups excluding carboxylic acids is 7. The van der Waals surface area contributed by atoms with Gasteiger partial charge in [0, 0.05) is 35.4 Å². The van der Waals surface area contributed by atoms with Crippen molar-refractivity contribution < 1.29 is 52.5 Å². The summed E-state index contributed by atoms with van der Waals surface area (Å²) in [5.74, 6) is -4.77. The van der Waals surface area contributed by atoms with E-state index < -0.39 is 91.0 Å². The molecule has 5 aromatic rings. The zero-order valence-electron chi connectivity index (χ0n) is 39.8. The number of benzene rings is 3. The van der Waals surface area contributed by atoms with Crippen LogP contribution < -0.4 is 37.5 Å². The van der Waals surface area contributed by atoms with Crippen molar-refractivity contribution in [2.24, 2.45) is 0 Å². The van der Waals surface area contributed by atoms with E-state index in [1.807, 2.05) is 30.3 Å². The van der Waals surface area contributed by atoms with Gasteiger partial charge < -0.3 is 51.0 Å². The number of esters is 1. The molecule has 8 rings (SSSR count). The second kappa shape index (κ2) is 22.1. The van der Waals surface area contributed by atoms with Gasteiger partial charge in [-0.15, -0.1) is 0 Å². The molecule has 20 heteroatoms. The molecule has 72 heavy (non-hydrogen) atoms. The zero-order valence-corrected chi connectivity index (χ0v) is 39.8. The summed E-state index contributed by atoms with van der Waals surface area (Å²) in [5.41, 5.74) is 3.06. The Bertz CT molecular complexity index is 3020. The van der Waals surface area contributed by atoms with Crippen molar-refractivity contribution >= 4 is 52.3 Å². The molecule has 2 aliphatic heterocycles. The summed E-state index contributed by atoms with van der Waals surface area (Å²) in [7, 11) is 0. The number of rotatable bonds is 20. The Morgan fingerprint density at radius 1 is 0.861 bits per heavy atom. The summed E-state index contributed by atoms with van der Waals surface area (Å²) in [6.07, 6.45) is 2.35. The minimum atomic E-state index is -2.04. The number of halogens is 1. The van der Waals surface area contributed by atoms with Crippen LogP contribution in [0.25, 0.3) is 22.3 Å². The predicted octanol–water partition coefficient (Wildman–Crippen LogP) is 1.82. The maximum Gasteiger partial charge on any atom is 0.343 e. The van der Waals surface area contributed by atoms with E-state index >= 15 is 4.39 Å². The van der Waals surface area contributed by atoms with E-state index in [0.29, 0.717) is 70.2 Å². The van der Waals surface area contributed by atoms with Gasteiger partial charge in [-0.05, 0) is 72.9 Å². The molecular formula is C52H55FN8O11. The van der Waals surface area contributed by atoms with Gasteiger partial charge in [0.15, 0.2) is 5.60 Å². The lowest BCUT2D eigenvalue weighted by molar-refractivity contribution is -0.172. The molecule has 1 unspecified atom stereocenters. The summed E-state index contributed by atoms with van der Waals surface area (Å²) in [4.78, 5) is 109. The highest BCUT2D eigenvalue weighted by molar-refractivity contribution is 5.95. The third kappa shape index (κ3) is 11.0. The molecule has 6 amide bonds. The van der Waals surface area contributed by atoms with E-state index in [1.54, 1.807) is 50.2 Å². The number of hydrogen-bond donors (Lipinski definition) is 7. The SMILES string of the molecule is CC[C@]1(O)C(=O)OCc2c1cc1n(c2=O)Cc2c-1nc1cc(F)c(C)c3c1c2C(NC(=O)COCNC(=O)CNC(=O)[C@@H](Cc1ccccc1)NC(=O)CNC(=O)CNC(=O)CCCc1ccccc1)CC3. The number of ether oxygens (including phenoxy) is 2. The molecule has 4 heterocycles. The van der Waals surface area contributed by atoms with E-state index in [4.69, 9.17) is 14.5 Å². The van der Waals surface area contributed by atoms with E-state index in [2.05, 4.69) is 31.9 Å². The first-order valence-electron chi connectivity index (χ1n) is 23.8. The Labute approximate surface area is 412 Å². The van der Waals surface area contributed by atoms with Crippen LogP contribution in [0.4, 0.5) is 4.39 Å². The van der Waals surface area contributed by atoms with E-state index in [0.717, 1.165) is 11.1 Å². The first-order chi connectivity index (χ1) is 34.6. The lowest BCUT2D eigenvalue weighted by atomic mass is 9.81. The number of carbonyl (C=O) groups is 7. The fraction of sp³-hybridized carbons (Fsp3) is 0.365. The smallest absolute Gasteiger partial charge is 0.343 e. The molecule has 19 nitrogen and oxygen atoms in total. The van der Waals surface area contributed by atoms with Crippen molar-refractivity contribution in [3.05, 3.63) is 133 Å². The van der Waals surface area contributed by atoms with Crippen LogP contribution in [0.5, 0.6) is 0 Å². The molecule has 7 N–H and O–H groups in total. The van der Waals surface area contributed by atoms with Gasteiger partial charge in [0.2, 0.25) is 35.4 Å². The maximum atomic E-state index is 15.4. The van der Waals surface area contributed by atoms with Crippen molar-refractivity contribution in [3.63, 3.8) is 0 Å². The van der Waals surface area contributed by atoms with Crippen LogP contribution in [0, 0.1) is 12.7 Å². The number of nitrogens with zero attached hydrogens (tertiary/aromatic N) is 2. The Morgan fingerprint density at radius 3 is 2.28 bits per heavy atom. The largest absolute Gasteiger partial charge is 0.458 e. The molecule has 376 valence electrons. The maximum absolute atomic E-state index is 15.4. The van der Waals surface area contributed by atoms with Crippen LogP contribution >= 0.6 is 0 Å². The summed E-state index contributed by atoms with van der Waals surface area (Å²) < 4.78 is 27.5. The molecule has 0 spiro atoms. The van der Waals surface area contributed by atoms with Gasteiger partial charge in [-0.2, -0.15) is 0 Å². The Balaban J connectivity index is 0.830. The molecule has 0 radical (unpaired) electrons. The first kappa shape index (κ1) is 50.5. The van der Waals surface area contributed by atoms with Crippen LogP contribution in [-0.2, 0) is 81.1 Å². The lowest BCUT2D eigenvalue weighted by Gasteiger charge is -2.31. The highest BCUT2D eigenvalue weighted by Crippen LogP contribution is 2.46. The third-order valence-corrected chi connectivity index (χ3v) is 13.3. The van der Waals surface area contributed by atoms with Crippen LogP contribution in [-0.4, -0.2) is 95.1 Å². The first-order valence-corrected chi connectivity index (χ1v) is 23.8. The third-order valence-electron chi connectivity index (χ3n) is 13.3. The van der Waals surface area contributed by atoms with Crippen LogP contribution in [0.3, 0.4) is 0 Å². The molecule has 2 aromatic heterocycles. The van der Waals surface area contributed by atoms with Gasteiger partial charge in [0.05, 0.1) is 54.7 Å². The Hall–Kier alpha value is -7.84. The Morgan fingerprint density at radius 2 is 1.54 bits per heavy atom. The number of nitrogens with one attached hydrogen (secondary N) is 6.